The second-order valence-corrected chi connectivity index (χ2v) is 7.10. The maximum Gasteiger partial charge on any atom is 0.407 e. The van der Waals surface area contributed by atoms with Crippen LogP contribution in [0.4, 0.5) is 4.79 Å². The zero-order valence-corrected chi connectivity index (χ0v) is 15.2. The average molecular weight is 353 g/mol. The van der Waals surface area contributed by atoms with Gasteiger partial charge in [-0.1, -0.05) is 24.3 Å². The monoisotopic (exact) mass is 353 g/mol. The van der Waals surface area contributed by atoms with Gasteiger partial charge in [-0.3, -0.25) is 4.68 Å². The third kappa shape index (κ3) is 4.14. The smallest absolute Gasteiger partial charge is 0.407 e. The minimum absolute atomic E-state index is 0.262. The van der Waals surface area contributed by atoms with E-state index in [1.165, 1.54) is 0 Å². The van der Waals surface area contributed by atoms with Gasteiger partial charge in [0.2, 0.25) is 0 Å². The number of ether oxygens (including phenoxy) is 1. The summed E-state index contributed by atoms with van der Waals surface area (Å²) in [5.41, 5.74) is 1.45. The van der Waals surface area contributed by atoms with Crippen molar-refractivity contribution < 1.29 is 14.6 Å². The highest BCUT2D eigenvalue weighted by Gasteiger charge is 2.15. The molecule has 0 aliphatic heterocycles. The summed E-state index contributed by atoms with van der Waals surface area (Å²) < 4.78 is 6.98. The first-order valence-electron chi connectivity index (χ1n) is 8.54. The Hall–Kier alpha value is -3.02. The lowest BCUT2D eigenvalue weighted by Crippen LogP contribution is -2.34. The van der Waals surface area contributed by atoms with Crippen LogP contribution in [-0.4, -0.2) is 33.1 Å². The van der Waals surface area contributed by atoms with Crippen molar-refractivity contribution in [1.82, 2.24) is 15.1 Å². The van der Waals surface area contributed by atoms with Crippen molar-refractivity contribution in [2.75, 3.05) is 6.54 Å². The first-order valence-corrected chi connectivity index (χ1v) is 8.54. The van der Waals surface area contributed by atoms with Crippen LogP contribution in [0, 0.1) is 0 Å². The molecule has 0 bridgehead atoms. The molecule has 1 aromatic heterocycles. The molecule has 0 aliphatic carbocycles. The SMILES string of the molecule is CC(C)(C)OC(=O)NCCn1cc(-c2ccc(O)c3ccccc23)cn1. The topological polar surface area (TPSA) is 76.4 Å². The van der Waals surface area contributed by atoms with Gasteiger partial charge in [0.15, 0.2) is 0 Å². The molecule has 0 atom stereocenters. The van der Waals surface area contributed by atoms with E-state index >= 15 is 0 Å². The minimum atomic E-state index is -0.511. The summed E-state index contributed by atoms with van der Waals surface area (Å²) in [5.74, 6) is 0.262. The molecular formula is C20H23N3O3. The Morgan fingerprint density at radius 1 is 1.19 bits per heavy atom. The number of phenols is 1. The highest BCUT2D eigenvalue weighted by atomic mass is 16.6. The summed E-state index contributed by atoms with van der Waals surface area (Å²) >= 11 is 0. The maximum atomic E-state index is 11.7. The number of alkyl carbamates (subject to hydrolysis) is 1. The Bertz CT molecular complexity index is 925. The zero-order chi connectivity index (χ0) is 18.7. The molecular weight excluding hydrogens is 330 g/mol. The number of carbonyl (C=O) groups excluding carboxylic acids is 1. The molecule has 3 aromatic rings. The average Bonchev–Trinajstić information content (AvgIpc) is 3.02. The van der Waals surface area contributed by atoms with Gasteiger partial charge in [-0.15, -0.1) is 0 Å². The van der Waals surface area contributed by atoms with Gasteiger partial charge < -0.3 is 15.2 Å². The van der Waals surface area contributed by atoms with E-state index in [1.54, 1.807) is 16.9 Å². The van der Waals surface area contributed by atoms with Crippen molar-refractivity contribution in [2.24, 2.45) is 0 Å². The lowest BCUT2D eigenvalue weighted by Gasteiger charge is -2.19. The number of phenolic OH excluding ortho intramolecular Hbond substituents is 1. The lowest BCUT2D eigenvalue weighted by atomic mass is 10.00. The number of hydrogen-bond acceptors (Lipinski definition) is 4. The molecule has 0 aliphatic rings. The molecule has 26 heavy (non-hydrogen) atoms. The Labute approximate surface area is 152 Å². The molecule has 2 N–H and O–H groups in total. The predicted molar refractivity (Wildman–Crippen MR) is 101 cm³/mol. The summed E-state index contributed by atoms with van der Waals surface area (Å²) in [6.45, 7) is 6.44. The maximum absolute atomic E-state index is 11.7. The van der Waals surface area contributed by atoms with Crippen LogP contribution < -0.4 is 5.32 Å². The van der Waals surface area contributed by atoms with E-state index in [0.717, 1.165) is 21.9 Å². The van der Waals surface area contributed by atoms with Gasteiger partial charge >= 0.3 is 6.09 Å². The third-order valence-corrected chi connectivity index (χ3v) is 3.85. The molecule has 0 saturated carbocycles. The minimum Gasteiger partial charge on any atom is -0.507 e. The van der Waals surface area contributed by atoms with Crippen LogP contribution in [0.25, 0.3) is 21.9 Å². The van der Waals surface area contributed by atoms with Crippen LogP contribution in [0.15, 0.2) is 48.8 Å². The number of carbonyl (C=O) groups is 1. The number of nitrogens with one attached hydrogen (secondary N) is 1. The van der Waals surface area contributed by atoms with E-state index in [2.05, 4.69) is 10.4 Å². The van der Waals surface area contributed by atoms with Crippen molar-refractivity contribution in [3.05, 3.63) is 48.8 Å². The Balaban J connectivity index is 1.69. The van der Waals surface area contributed by atoms with Crippen LogP contribution in [-0.2, 0) is 11.3 Å². The molecule has 3 rings (SSSR count). The molecule has 6 nitrogen and oxygen atoms in total. The number of hydrogen-bond donors (Lipinski definition) is 2. The number of aromatic nitrogens is 2. The van der Waals surface area contributed by atoms with Crippen molar-refractivity contribution in [2.45, 2.75) is 32.9 Å². The number of rotatable bonds is 4. The van der Waals surface area contributed by atoms with Crippen LogP contribution in [0.5, 0.6) is 5.75 Å². The van der Waals surface area contributed by atoms with Gasteiger partial charge in [0.05, 0.1) is 12.7 Å². The second-order valence-electron chi connectivity index (χ2n) is 7.10. The molecule has 0 spiro atoms. The molecule has 1 heterocycles. The van der Waals surface area contributed by atoms with Gasteiger partial charge in [0.1, 0.15) is 11.4 Å². The normalized spacial score (nSPS) is 11.5. The van der Waals surface area contributed by atoms with Crippen molar-refractivity contribution in [3.63, 3.8) is 0 Å². The van der Waals surface area contributed by atoms with Crippen molar-refractivity contribution in [1.29, 1.82) is 0 Å². The van der Waals surface area contributed by atoms with Gasteiger partial charge in [0, 0.05) is 23.7 Å². The molecule has 2 aromatic carbocycles. The quantitative estimate of drug-likeness (QED) is 0.745. The highest BCUT2D eigenvalue weighted by Crippen LogP contribution is 2.33. The summed E-state index contributed by atoms with van der Waals surface area (Å²) in [6.07, 6.45) is 3.27. The van der Waals surface area contributed by atoms with Gasteiger partial charge in [-0.2, -0.15) is 5.10 Å². The van der Waals surface area contributed by atoms with Crippen molar-refractivity contribution in [3.8, 4) is 16.9 Å². The standard InChI is InChI=1S/C20H23N3O3/c1-20(2,3)26-19(25)21-10-11-23-13-14(12-22-23)15-8-9-18(24)17-7-5-4-6-16(15)17/h4-9,12-13,24H,10-11H2,1-3H3,(H,21,25). The van der Waals surface area contributed by atoms with Crippen LogP contribution in [0.2, 0.25) is 0 Å². The first kappa shape index (κ1) is 17.8. The summed E-state index contributed by atoms with van der Waals surface area (Å²) in [4.78, 5) is 11.7. The Morgan fingerprint density at radius 2 is 1.92 bits per heavy atom. The predicted octanol–water partition coefficient (Wildman–Crippen LogP) is 3.93. The molecule has 0 fully saturated rings. The van der Waals surface area contributed by atoms with E-state index in [9.17, 15) is 9.90 Å². The van der Waals surface area contributed by atoms with Crippen LogP contribution >= 0.6 is 0 Å². The Morgan fingerprint density at radius 3 is 2.65 bits per heavy atom. The summed E-state index contributed by atoms with van der Waals surface area (Å²) in [5, 5.41) is 18.9. The molecule has 0 unspecified atom stereocenters. The van der Waals surface area contributed by atoms with Gasteiger partial charge in [-0.05, 0) is 43.9 Å². The highest BCUT2D eigenvalue weighted by molar-refractivity contribution is 5.99. The van der Waals surface area contributed by atoms with E-state index in [1.807, 2.05) is 57.3 Å². The van der Waals surface area contributed by atoms with Gasteiger partial charge in [0.25, 0.3) is 0 Å². The van der Waals surface area contributed by atoms with Crippen LogP contribution in [0.3, 0.4) is 0 Å². The van der Waals surface area contributed by atoms with Crippen molar-refractivity contribution >= 4 is 16.9 Å². The first-order chi connectivity index (χ1) is 12.3. The fraction of sp³-hybridized carbons (Fsp3) is 0.300. The zero-order valence-electron chi connectivity index (χ0n) is 15.2. The number of aromatic hydroxyl groups is 1. The summed E-state index contributed by atoms with van der Waals surface area (Å²) in [7, 11) is 0. The van der Waals surface area contributed by atoms with E-state index < -0.39 is 11.7 Å². The third-order valence-electron chi connectivity index (χ3n) is 3.85. The number of nitrogens with zero attached hydrogens (tertiary/aromatic N) is 2. The fourth-order valence-electron chi connectivity index (χ4n) is 2.75. The van der Waals surface area contributed by atoms with E-state index in [0.29, 0.717) is 13.1 Å². The Kier molecular flexibility index (Phi) is 4.84. The van der Waals surface area contributed by atoms with E-state index in [4.69, 9.17) is 4.74 Å². The number of benzene rings is 2. The lowest BCUT2D eigenvalue weighted by molar-refractivity contribution is 0.0525. The summed E-state index contributed by atoms with van der Waals surface area (Å²) in [6, 6.07) is 11.3. The molecule has 0 saturated heterocycles. The fourth-order valence-corrected chi connectivity index (χ4v) is 2.75. The molecule has 0 radical (unpaired) electrons. The largest absolute Gasteiger partial charge is 0.507 e. The molecule has 1 amide bonds. The number of amides is 1. The molecule has 136 valence electrons. The van der Waals surface area contributed by atoms with Crippen LogP contribution in [0.1, 0.15) is 20.8 Å². The molecule has 6 heteroatoms. The van der Waals surface area contributed by atoms with Gasteiger partial charge in [-0.25, -0.2) is 4.79 Å². The van der Waals surface area contributed by atoms with E-state index in [-0.39, 0.29) is 5.75 Å². The number of fused-ring (bicyclic) bond motifs is 1. The second kappa shape index (κ2) is 7.07.